The van der Waals surface area contributed by atoms with E-state index in [1.165, 1.54) is 41.1 Å². The lowest BCUT2D eigenvalue weighted by atomic mass is 9.90. The number of benzene rings is 2. The zero-order valence-electron chi connectivity index (χ0n) is 18.5. The molecule has 2 aliphatic rings. The van der Waals surface area contributed by atoms with Crippen molar-refractivity contribution in [2.45, 2.75) is 25.4 Å². The summed E-state index contributed by atoms with van der Waals surface area (Å²) in [5.74, 6) is -0.540. The van der Waals surface area contributed by atoms with Crippen molar-refractivity contribution in [1.82, 2.24) is 15.1 Å². The lowest BCUT2D eigenvalue weighted by molar-refractivity contribution is -0.384. The number of nitro groups is 1. The molecule has 2 aromatic carbocycles. The molecule has 2 aromatic rings. The molecule has 10 nitrogen and oxygen atoms in total. The van der Waals surface area contributed by atoms with E-state index >= 15 is 0 Å². The number of aryl methyl sites for hydroxylation is 1. The van der Waals surface area contributed by atoms with Crippen LogP contribution < -0.4 is 10.2 Å². The summed E-state index contributed by atoms with van der Waals surface area (Å²) >= 11 is 0. The van der Waals surface area contributed by atoms with Crippen molar-refractivity contribution in [2.24, 2.45) is 0 Å². The van der Waals surface area contributed by atoms with Gasteiger partial charge in [0.2, 0.25) is 5.91 Å². The predicted molar refractivity (Wildman–Crippen MR) is 121 cm³/mol. The standard InChI is InChI=1S/C23H25N5O5/c1-16-3-5-17(6-4-16)13-27-20(29)14-26(18-7-9-19(10-8-18)28(32)33)21(30)23(27)11-12-25(15-23)22(31)24-2/h3-10H,11-15H2,1-2H3,(H,24,31). The topological polar surface area (TPSA) is 116 Å². The van der Waals surface area contributed by atoms with Gasteiger partial charge in [-0.2, -0.15) is 0 Å². The van der Waals surface area contributed by atoms with Gasteiger partial charge in [-0.3, -0.25) is 19.7 Å². The molecule has 0 aromatic heterocycles. The summed E-state index contributed by atoms with van der Waals surface area (Å²) in [5.41, 5.74) is 1.08. The van der Waals surface area contributed by atoms with Crippen LogP contribution in [0.25, 0.3) is 0 Å². The number of piperazine rings is 1. The molecule has 4 rings (SSSR count). The predicted octanol–water partition coefficient (Wildman–Crippen LogP) is 2.06. The monoisotopic (exact) mass is 451 g/mol. The highest BCUT2D eigenvalue weighted by Gasteiger charge is 2.56. The van der Waals surface area contributed by atoms with Gasteiger partial charge in [-0.15, -0.1) is 0 Å². The second-order valence-corrected chi connectivity index (χ2v) is 8.39. The van der Waals surface area contributed by atoms with Crippen LogP contribution in [0.5, 0.6) is 0 Å². The van der Waals surface area contributed by atoms with E-state index < -0.39 is 10.5 Å². The number of carbonyl (C=O) groups excluding carboxylic acids is 3. The molecule has 2 heterocycles. The molecule has 33 heavy (non-hydrogen) atoms. The highest BCUT2D eigenvalue weighted by Crippen LogP contribution is 2.37. The van der Waals surface area contributed by atoms with E-state index in [1.54, 1.807) is 4.90 Å². The van der Waals surface area contributed by atoms with Crippen molar-refractivity contribution in [3.8, 4) is 0 Å². The Morgan fingerprint density at radius 2 is 1.79 bits per heavy atom. The molecule has 172 valence electrons. The van der Waals surface area contributed by atoms with Crippen LogP contribution in [0.3, 0.4) is 0 Å². The highest BCUT2D eigenvalue weighted by atomic mass is 16.6. The summed E-state index contributed by atoms with van der Waals surface area (Å²) < 4.78 is 0. The second-order valence-electron chi connectivity index (χ2n) is 8.39. The molecule has 0 radical (unpaired) electrons. The van der Waals surface area contributed by atoms with Crippen molar-refractivity contribution in [3.63, 3.8) is 0 Å². The van der Waals surface area contributed by atoms with Crippen LogP contribution in [0, 0.1) is 17.0 Å². The number of hydrogen-bond donors (Lipinski definition) is 1. The Balaban J connectivity index is 1.70. The summed E-state index contributed by atoms with van der Waals surface area (Å²) in [6.07, 6.45) is 0.306. The number of rotatable bonds is 4. The fourth-order valence-corrected chi connectivity index (χ4v) is 4.50. The molecule has 4 amide bonds. The second kappa shape index (κ2) is 8.53. The van der Waals surface area contributed by atoms with Gasteiger partial charge in [0.05, 0.1) is 11.5 Å². The van der Waals surface area contributed by atoms with E-state index in [-0.39, 0.29) is 43.2 Å². The number of urea groups is 1. The first-order valence-electron chi connectivity index (χ1n) is 10.6. The smallest absolute Gasteiger partial charge is 0.317 e. The van der Waals surface area contributed by atoms with Crippen LogP contribution in [-0.2, 0) is 16.1 Å². The number of amides is 4. The zero-order chi connectivity index (χ0) is 23.8. The van der Waals surface area contributed by atoms with E-state index in [4.69, 9.17) is 0 Å². The minimum atomic E-state index is -1.21. The number of nitrogens with zero attached hydrogens (tertiary/aromatic N) is 4. The molecule has 2 aliphatic heterocycles. The first-order chi connectivity index (χ1) is 15.7. The van der Waals surface area contributed by atoms with E-state index in [2.05, 4.69) is 5.32 Å². The van der Waals surface area contributed by atoms with E-state index in [1.807, 2.05) is 31.2 Å². The summed E-state index contributed by atoms with van der Waals surface area (Å²) in [5, 5.41) is 13.6. The molecule has 0 saturated carbocycles. The van der Waals surface area contributed by atoms with E-state index in [0.29, 0.717) is 18.7 Å². The maximum Gasteiger partial charge on any atom is 0.317 e. The lowest BCUT2D eigenvalue weighted by Crippen LogP contribution is -2.69. The van der Waals surface area contributed by atoms with Gasteiger partial charge in [0, 0.05) is 38.0 Å². The summed E-state index contributed by atoms with van der Waals surface area (Å²) in [6, 6.07) is 13.0. The highest BCUT2D eigenvalue weighted by molar-refractivity contribution is 6.09. The summed E-state index contributed by atoms with van der Waals surface area (Å²) in [7, 11) is 1.52. The Labute approximate surface area is 190 Å². The first kappa shape index (κ1) is 22.3. The Hall–Kier alpha value is -3.95. The first-order valence-corrected chi connectivity index (χ1v) is 10.6. The van der Waals surface area contributed by atoms with Gasteiger partial charge in [-0.25, -0.2) is 4.79 Å². The van der Waals surface area contributed by atoms with Crippen LogP contribution in [-0.4, -0.2) is 64.8 Å². The summed E-state index contributed by atoms with van der Waals surface area (Å²) in [4.78, 5) is 54.5. The van der Waals surface area contributed by atoms with Crippen molar-refractivity contribution in [1.29, 1.82) is 0 Å². The lowest BCUT2D eigenvalue weighted by Gasteiger charge is -2.47. The zero-order valence-corrected chi connectivity index (χ0v) is 18.5. The largest absolute Gasteiger partial charge is 0.341 e. The van der Waals surface area contributed by atoms with Gasteiger partial charge in [0.25, 0.3) is 11.6 Å². The average molecular weight is 451 g/mol. The van der Waals surface area contributed by atoms with Gasteiger partial charge in [-0.1, -0.05) is 29.8 Å². The van der Waals surface area contributed by atoms with Crippen LogP contribution in [0.2, 0.25) is 0 Å². The third-order valence-electron chi connectivity index (χ3n) is 6.34. The van der Waals surface area contributed by atoms with Crippen molar-refractivity contribution in [2.75, 3.05) is 31.6 Å². The molecule has 2 fully saturated rings. The fraction of sp³-hybridized carbons (Fsp3) is 0.348. The number of carbonyl (C=O) groups is 3. The van der Waals surface area contributed by atoms with Crippen molar-refractivity contribution < 1.29 is 19.3 Å². The molecule has 0 aliphatic carbocycles. The molecular formula is C23H25N5O5. The molecular weight excluding hydrogens is 426 g/mol. The molecule has 1 unspecified atom stereocenters. The van der Waals surface area contributed by atoms with E-state index in [9.17, 15) is 24.5 Å². The van der Waals surface area contributed by atoms with Gasteiger partial charge in [-0.05, 0) is 31.0 Å². The minimum Gasteiger partial charge on any atom is -0.341 e. The van der Waals surface area contributed by atoms with Gasteiger partial charge < -0.3 is 20.0 Å². The maximum absolute atomic E-state index is 13.9. The van der Waals surface area contributed by atoms with Crippen molar-refractivity contribution in [3.05, 3.63) is 69.8 Å². The van der Waals surface area contributed by atoms with Gasteiger partial charge in [0.1, 0.15) is 12.1 Å². The molecule has 1 spiro atoms. The number of nitro benzene ring substituents is 1. The van der Waals surface area contributed by atoms with Gasteiger partial charge >= 0.3 is 6.03 Å². The molecule has 1 atom stereocenters. The number of hydrogen-bond acceptors (Lipinski definition) is 5. The Bertz CT molecular complexity index is 1100. The maximum atomic E-state index is 13.9. The number of non-ortho nitro benzene ring substituents is 1. The number of anilines is 1. The molecule has 0 bridgehead atoms. The SMILES string of the molecule is CNC(=O)N1CCC2(C1)C(=O)N(c1ccc([N+](=O)[O-])cc1)CC(=O)N2Cc1ccc(C)cc1. The third-order valence-corrected chi connectivity index (χ3v) is 6.34. The van der Waals surface area contributed by atoms with Crippen LogP contribution in [0.4, 0.5) is 16.2 Å². The Morgan fingerprint density at radius 1 is 1.12 bits per heavy atom. The molecule has 2 saturated heterocycles. The Kier molecular flexibility index (Phi) is 5.75. The third kappa shape index (κ3) is 3.99. The van der Waals surface area contributed by atoms with Gasteiger partial charge in [0.15, 0.2) is 0 Å². The van der Waals surface area contributed by atoms with Crippen LogP contribution >= 0.6 is 0 Å². The van der Waals surface area contributed by atoms with Crippen LogP contribution in [0.1, 0.15) is 17.5 Å². The fourth-order valence-electron chi connectivity index (χ4n) is 4.50. The quantitative estimate of drug-likeness (QED) is 0.564. The van der Waals surface area contributed by atoms with Crippen molar-refractivity contribution >= 4 is 29.2 Å². The number of likely N-dealkylation sites (tertiary alicyclic amines) is 1. The summed E-state index contributed by atoms with van der Waals surface area (Å²) in [6.45, 7) is 2.45. The molecule has 10 heteroatoms. The average Bonchev–Trinajstić information content (AvgIpc) is 3.26. The normalized spacial score (nSPS) is 20.5. The molecule has 1 N–H and O–H groups in total. The van der Waals surface area contributed by atoms with Crippen LogP contribution in [0.15, 0.2) is 48.5 Å². The van der Waals surface area contributed by atoms with E-state index in [0.717, 1.165) is 11.1 Å². The Morgan fingerprint density at radius 3 is 2.39 bits per heavy atom. The number of nitrogens with one attached hydrogen (secondary N) is 1. The minimum absolute atomic E-state index is 0.0760.